The summed E-state index contributed by atoms with van der Waals surface area (Å²) < 4.78 is 40.0. The van der Waals surface area contributed by atoms with Gasteiger partial charge in [0.1, 0.15) is 5.76 Å². The number of aromatic nitrogens is 1. The summed E-state index contributed by atoms with van der Waals surface area (Å²) in [4.78, 5) is 26.7. The molecule has 1 aromatic carbocycles. The SMILES string of the molecule is COc1cccc(C(=O)N2CCC(C(=O)Nc3cc(C)on3)CC2)c1OC(F)F. The van der Waals surface area contributed by atoms with E-state index in [-0.39, 0.29) is 28.9 Å². The van der Waals surface area contributed by atoms with Crippen LogP contribution in [-0.4, -0.2) is 48.7 Å². The van der Waals surface area contributed by atoms with Gasteiger partial charge >= 0.3 is 6.61 Å². The fourth-order valence-electron chi connectivity index (χ4n) is 3.22. The fraction of sp³-hybridized carbons (Fsp3) is 0.421. The van der Waals surface area contributed by atoms with Gasteiger partial charge in [-0.05, 0) is 31.9 Å². The number of halogens is 2. The first-order valence-corrected chi connectivity index (χ1v) is 9.04. The zero-order valence-corrected chi connectivity index (χ0v) is 16.0. The predicted octanol–water partition coefficient (Wildman–Crippen LogP) is 3.08. The van der Waals surface area contributed by atoms with Crippen molar-refractivity contribution in [3.63, 3.8) is 0 Å². The summed E-state index contributed by atoms with van der Waals surface area (Å²) in [7, 11) is 1.31. The Bertz CT molecular complexity index is 878. The van der Waals surface area contributed by atoms with Crippen molar-refractivity contribution in [3.8, 4) is 11.5 Å². The van der Waals surface area contributed by atoms with Crippen molar-refractivity contribution in [3.05, 3.63) is 35.6 Å². The van der Waals surface area contributed by atoms with E-state index >= 15 is 0 Å². The van der Waals surface area contributed by atoms with Gasteiger partial charge in [0.25, 0.3) is 5.91 Å². The first kappa shape index (κ1) is 20.6. The lowest BCUT2D eigenvalue weighted by Crippen LogP contribution is -2.41. The van der Waals surface area contributed by atoms with Crippen molar-refractivity contribution < 1.29 is 32.4 Å². The molecule has 3 rings (SSSR count). The Labute approximate surface area is 165 Å². The summed E-state index contributed by atoms with van der Waals surface area (Å²) in [5.41, 5.74) is -0.00868. The van der Waals surface area contributed by atoms with E-state index in [1.807, 2.05) is 0 Å². The van der Waals surface area contributed by atoms with Crippen molar-refractivity contribution >= 4 is 17.6 Å². The van der Waals surface area contributed by atoms with Crippen LogP contribution in [0.15, 0.2) is 28.8 Å². The van der Waals surface area contributed by atoms with E-state index in [1.165, 1.54) is 30.2 Å². The van der Waals surface area contributed by atoms with Crippen LogP contribution in [0.3, 0.4) is 0 Å². The number of hydrogen-bond donors (Lipinski definition) is 1. The molecule has 156 valence electrons. The number of carbonyl (C=O) groups is 2. The molecule has 1 fully saturated rings. The number of nitrogens with zero attached hydrogens (tertiary/aromatic N) is 2. The second kappa shape index (κ2) is 8.89. The molecular weight excluding hydrogens is 388 g/mol. The van der Waals surface area contributed by atoms with Crippen molar-refractivity contribution in [2.75, 3.05) is 25.5 Å². The van der Waals surface area contributed by atoms with Crippen molar-refractivity contribution in [1.29, 1.82) is 0 Å². The first-order valence-electron chi connectivity index (χ1n) is 9.04. The number of nitrogens with one attached hydrogen (secondary N) is 1. The highest BCUT2D eigenvalue weighted by molar-refractivity contribution is 5.98. The first-order chi connectivity index (χ1) is 13.9. The molecule has 10 heteroatoms. The number of carbonyl (C=O) groups excluding carboxylic acids is 2. The topological polar surface area (TPSA) is 93.9 Å². The number of alkyl halides is 2. The third kappa shape index (κ3) is 4.82. The summed E-state index contributed by atoms with van der Waals surface area (Å²) in [5, 5.41) is 6.41. The molecule has 0 radical (unpaired) electrons. The summed E-state index contributed by atoms with van der Waals surface area (Å²) in [6.45, 7) is -0.759. The number of rotatable bonds is 6. The molecule has 0 atom stereocenters. The minimum Gasteiger partial charge on any atom is -0.493 e. The molecule has 0 spiro atoms. The summed E-state index contributed by atoms with van der Waals surface area (Å²) >= 11 is 0. The Hall–Kier alpha value is -3.17. The Morgan fingerprint density at radius 1 is 1.31 bits per heavy atom. The third-order valence-corrected chi connectivity index (χ3v) is 4.67. The standard InChI is InChI=1S/C19H21F2N3O5/c1-11-10-15(23-29-11)22-17(25)12-6-8-24(9-7-12)18(26)13-4-3-5-14(27-2)16(13)28-19(20)21/h3-5,10,12,19H,6-9H2,1-2H3,(H,22,23,25). The molecule has 0 saturated carbocycles. The largest absolute Gasteiger partial charge is 0.493 e. The van der Waals surface area contributed by atoms with Crippen LogP contribution < -0.4 is 14.8 Å². The summed E-state index contributed by atoms with van der Waals surface area (Å²) in [6, 6.07) is 6.00. The van der Waals surface area contributed by atoms with Gasteiger partial charge in [0, 0.05) is 25.1 Å². The van der Waals surface area contributed by atoms with Crippen molar-refractivity contribution in [2.45, 2.75) is 26.4 Å². The lowest BCUT2D eigenvalue weighted by molar-refractivity contribution is -0.121. The number of methoxy groups -OCH3 is 1. The molecule has 1 saturated heterocycles. The second-order valence-corrected chi connectivity index (χ2v) is 6.59. The Morgan fingerprint density at radius 3 is 2.62 bits per heavy atom. The predicted molar refractivity (Wildman–Crippen MR) is 98.1 cm³/mol. The lowest BCUT2D eigenvalue weighted by atomic mass is 9.95. The quantitative estimate of drug-likeness (QED) is 0.788. The van der Waals surface area contributed by atoms with E-state index in [0.717, 1.165) is 0 Å². The van der Waals surface area contributed by atoms with Crippen LogP contribution in [-0.2, 0) is 4.79 Å². The van der Waals surface area contributed by atoms with E-state index in [0.29, 0.717) is 37.5 Å². The van der Waals surface area contributed by atoms with Gasteiger partial charge in [-0.1, -0.05) is 11.2 Å². The molecule has 0 aliphatic carbocycles. The number of ether oxygens (including phenoxy) is 2. The number of piperidine rings is 1. The molecule has 2 aromatic rings. The van der Waals surface area contributed by atoms with Crippen LogP contribution in [0, 0.1) is 12.8 Å². The van der Waals surface area contributed by atoms with E-state index < -0.39 is 12.5 Å². The Kier molecular flexibility index (Phi) is 6.30. The Balaban J connectivity index is 1.65. The van der Waals surface area contributed by atoms with Crippen molar-refractivity contribution in [1.82, 2.24) is 10.1 Å². The fourth-order valence-corrected chi connectivity index (χ4v) is 3.22. The lowest BCUT2D eigenvalue weighted by Gasteiger charge is -2.31. The van der Waals surface area contributed by atoms with Gasteiger partial charge in [0.2, 0.25) is 5.91 Å². The van der Waals surface area contributed by atoms with Gasteiger partial charge in [0.15, 0.2) is 17.3 Å². The molecule has 1 aliphatic rings. The van der Waals surface area contributed by atoms with E-state index in [2.05, 4.69) is 15.2 Å². The van der Waals surface area contributed by atoms with Crippen LogP contribution in [0.4, 0.5) is 14.6 Å². The molecule has 2 amide bonds. The number of hydrogen-bond acceptors (Lipinski definition) is 6. The zero-order valence-electron chi connectivity index (χ0n) is 16.0. The Morgan fingerprint density at radius 2 is 2.03 bits per heavy atom. The summed E-state index contributed by atoms with van der Waals surface area (Å²) in [6.07, 6.45) is 0.868. The number of para-hydroxylation sites is 1. The number of aryl methyl sites for hydroxylation is 1. The van der Waals surface area contributed by atoms with E-state index in [9.17, 15) is 18.4 Å². The summed E-state index contributed by atoms with van der Waals surface area (Å²) in [5.74, 6) is -0.265. The molecule has 1 aromatic heterocycles. The van der Waals surface area contributed by atoms with Gasteiger partial charge in [-0.3, -0.25) is 9.59 Å². The molecular formula is C19H21F2N3O5. The maximum atomic E-state index is 12.9. The number of amides is 2. The maximum absolute atomic E-state index is 12.9. The highest BCUT2D eigenvalue weighted by atomic mass is 19.3. The normalized spacial score (nSPS) is 14.7. The molecule has 0 bridgehead atoms. The third-order valence-electron chi connectivity index (χ3n) is 4.67. The monoisotopic (exact) mass is 409 g/mol. The highest BCUT2D eigenvalue weighted by Gasteiger charge is 2.30. The van der Waals surface area contributed by atoms with Gasteiger partial charge < -0.3 is 24.2 Å². The maximum Gasteiger partial charge on any atom is 0.387 e. The van der Waals surface area contributed by atoms with Gasteiger partial charge in [-0.2, -0.15) is 8.78 Å². The molecule has 0 unspecified atom stereocenters. The molecule has 29 heavy (non-hydrogen) atoms. The second-order valence-electron chi connectivity index (χ2n) is 6.59. The average Bonchev–Trinajstić information content (AvgIpc) is 3.12. The number of likely N-dealkylation sites (tertiary alicyclic amines) is 1. The molecule has 2 heterocycles. The number of benzene rings is 1. The average molecular weight is 409 g/mol. The van der Waals surface area contributed by atoms with E-state index in [1.54, 1.807) is 13.0 Å². The van der Waals surface area contributed by atoms with Crippen LogP contribution in [0.25, 0.3) is 0 Å². The molecule has 1 N–H and O–H groups in total. The van der Waals surface area contributed by atoms with Gasteiger partial charge in [0.05, 0.1) is 12.7 Å². The van der Waals surface area contributed by atoms with Crippen molar-refractivity contribution in [2.24, 2.45) is 5.92 Å². The number of anilines is 1. The smallest absolute Gasteiger partial charge is 0.387 e. The van der Waals surface area contributed by atoms with Crippen LogP contribution >= 0.6 is 0 Å². The minimum atomic E-state index is -3.09. The molecule has 8 nitrogen and oxygen atoms in total. The van der Waals surface area contributed by atoms with E-state index in [4.69, 9.17) is 9.26 Å². The zero-order chi connectivity index (χ0) is 21.0. The van der Waals surface area contributed by atoms with Crippen LogP contribution in [0.2, 0.25) is 0 Å². The van der Waals surface area contributed by atoms with Crippen LogP contribution in [0.5, 0.6) is 11.5 Å². The minimum absolute atomic E-state index is 0.00868. The van der Waals surface area contributed by atoms with Gasteiger partial charge in [-0.15, -0.1) is 0 Å². The van der Waals surface area contributed by atoms with Gasteiger partial charge in [-0.25, -0.2) is 0 Å². The van der Waals surface area contributed by atoms with Crippen LogP contribution in [0.1, 0.15) is 29.0 Å². The highest BCUT2D eigenvalue weighted by Crippen LogP contribution is 2.34. The molecule has 1 aliphatic heterocycles.